The lowest BCUT2D eigenvalue weighted by Crippen LogP contribution is -2.33. The Bertz CT molecular complexity index is 628. The molecule has 1 aromatic carbocycles. The molecule has 1 aromatic heterocycles. The van der Waals surface area contributed by atoms with Crippen molar-refractivity contribution in [3.8, 4) is 0 Å². The van der Waals surface area contributed by atoms with Crippen LogP contribution in [-0.2, 0) is 0 Å². The average molecular weight is 287 g/mol. The summed E-state index contributed by atoms with van der Waals surface area (Å²) in [6.07, 6.45) is 4.07. The summed E-state index contributed by atoms with van der Waals surface area (Å²) >= 11 is 0. The number of benzene rings is 1. The van der Waals surface area contributed by atoms with Crippen LogP contribution in [0.4, 0.5) is 5.69 Å². The molecule has 0 atom stereocenters. The highest BCUT2D eigenvalue weighted by Gasteiger charge is 2.18. The molecule has 7 heteroatoms. The number of aliphatic hydroxyl groups excluding tert-OH is 1. The monoisotopic (exact) mass is 287 g/mol. The van der Waals surface area contributed by atoms with Crippen LogP contribution in [0.15, 0.2) is 43.0 Å². The van der Waals surface area contributed by atoms with Crippen molar-refractivity contribution in [1.29, 1.82) is 0 Å². The third kappa shape index (κ3) is 3.40. The average Bonchev–Trinajstić information content (AvgIpc) is 2.53. The van der Waals surface area contributed by atoms with Gasteiger partial charge in [0.25, 0.3) is 5.91 Å². The van der Waals surface area contributed by atoms with Crippen LogP contribution in [0.1, 0.15) is 20.7 Å². The summed E-state index contributed by atoms with van der Waals surface area (Å²) in [6, 6.07) is 5.83. The van der Waals surface area contributed by atoms with Crippen molar-refractivity contribution in [2.45, 2.75) is 0 Å². The van der Waals surface area contributed by atoms with Crippen molar-refractivity contribution >= 4 is 17.6 Å². The molecule has 0 spiro atoms. The van der Waals surface area contributed by atoms with Gasteiger partial charge in [-0.15, -0.1) is 0 Å². The summed E-state index contributed by atoms with van der Waals surface area (Å²) in [7, 11) is 0. The van der Waals surface area contributed by atoms with E-state index in [0.717, 1.165) is 0 Å². The summed E-state index contributed by atoms with van der Waals surface area (Å²) in [5, 5.41) is 18.0. The zero-order valence-corrected chi connectivity index (χ0v) is 11.0. The molecule has 0 aliphatic heterocycles. The number of aromatic nitrogens is 2. The first-order valence-corrected chi connectivity index (χ1v) is 6.14. The highest BCUT2D eigenvalue weighted by atomic mass is 16.4. The van der Waals surface area contributed by atoms with Crippen LogP contribution < -0.4 is 4.90 Å². The van der Waals surface area contributed by atoms with Crippen LogP contribution in [0.5, 0.6) is 0 Å². The fourth-order valence-corrected chi connectivity index (χ4v) is 1.80. The number of aromatic carboxylic acids is 1. The molecule has 2 aromatic rings. The molecular weight excluding hydrogens is 274 g/mol. The topological polar surface area (TPSA) is 104 Å². The maximum absolute atomic E-state index is 12.4. The Kier molecular flexibility index (Phi) is 4.57. The van der Waals surface area contributed by atoms with Gasteiger partial charge in [0.05, 0.1) is 17.7 Å². The number of rotatable bonds is 5. The third-order valence-corrected chi connectivity index (χ3v) is 2.80. The van der Waals surface area contributed by atoms with E-state index in [1.165, 1.54) is 47.9 Å². The molecule has 0 saturated carbocycles. The number of carbonyl (C=O) groups excluding carboxylic acids is 1. The Morgan fingerprint density at radius 3 is 2.19 bits per heavy atom. The molecule has 0 bridgehead atoms. The molecule has 0 radical (unpaired) electrons. The Morgan fingerprint density at radius 2 is 1.67 bits per heavy atom. The standard InChI is InChI=1S/C14H13N3O4/c18-6-5-17(13(19)11-7-15-9-16-8-11)12-3-1-10(2-4-12)14(20)21/h1-4,7-9,18H,5-6H2,(H,20,21). The van der Waals surface area contributed by atoms with Gasteiger partial charge in [0.2, 0.25) is 0 Å². The Hall–Kier alpha value is -2.80. The van der Waals surface area contributed by atoms with Crippen molar-refractivity contribution in [3.63, 3.8) is 0 Å². The van der Waals surface area contributed by atoms with Gasteiger partial charge in [-0.05, 0) is 24.3 Å². The molecule has 2 rings (SSSR count). The molecule has 108 valence electrons. The molecule has 0 aliphatic carbocycles. The number of hydrogen-bond acceptors (Lipinski definition) is 5. The predicted octanol–water partition coefficient (Wildman–Crippen LogP) is 0.814. The van der Waals surface area contributed by atoms with Crippen molar-refractivity contribution < 1.29 is 19.8 Å². The van der Waals surface area contributed by atoms with Gasteiger partial charge < -0.3 is 15.1 Å². The fraction of sp³-hybridized carbons (Fsp3) is 0.143. The van der Waals surface area contributed by atoms with Crippen LogP contribution in [0.25, 0.3) is 0 Å². The number of aliphatic hydroxyl groups is 1. The smallest absolute Gasteiger partial charge is 0.335 e. The largest absolute Gasteiger partial charge is 0.478 e. The second kappa shape index (κ2) is 6.58. The summed E-state index contributed by atoms with van der Waals surface area (Å²) < 4.78 is 0. The van der Waals surface area contributed by atoms with Gasteiger partial charge in [-0.3, -0.25) is 4.79 Å². The molecule has 7 nitrogen and oxygen atoms in total. The SMILES string of the molecule is O=C(O)c1ccc(N(CCO)C(=O)c2cncnc2)cc1. The lowest BCUT2D eigenvalue weighted by atomic mass is 10.2. The fourth-order valence-electron chi connectivity index (χ4n) is 1.80. The van der Waals surface area contributed by atoms with E-state index in [-0.39, 0.29) is 30.2 Å². The van der Waals surface area contributed by atoms with Gasteiger partial charge in [-0.1, -0.05) is 0 Å². The van der Waals surface area contributed by atoms with Gasteiger partial charge in [0, 0.05) is 24.6 Å². The van der Waals surface area contributed by atoms with E-state index < -0.39 is 5.97 Å². The Labute approximate surface area is 120 Å². The van der Waals surface area contributed by atoms with E-state index in [1.807, 2.05) is 0 Å². The molecule has 2 N–H and O–H groups in total. The number of carboxylic acids is 1. The Balaban J connectivity index is 2.30. The first-order chi connectivity index (χ1) is 10.1. The van der Waals surface area contributed by atoms with E-state index >= 15 is 0 Å². The van der Waals surface area contributed by atoms with Crippen molar-refractivity contribution in [3.05, 3.63) is 54.1 Å². The molecule has 1 amide bonds. The van der Waals surface area contributed by atoms with Crippen LogP contribution in [0, 0.1) is 0 Å². The summed E-state index contributed by atoms with van der Waals surface area (Å²) in [5.74, 6) is -1.41. The molecule has 0 fully saturated rings. The second-order valence-electron chi connectivity index (χ2n) is 4.16. The minimum atomic E-state index is -1.04. The van der Waals surface area contributed by atoms with Gasteiger partial charge in [0.1, 0.15) is 6.33 Å². The molecule has 21 heavy (non-hydrogen) atoms. The minimum absolute atomic E-state index is 0.0835. The van der Waals surface area contributed by atoms with Crippen LogP contribution >= 0.6 is 0 Å². The van der Waals surface area contributed by atoms with Crippen LogP contribution in [0.3, 0.4) is 0 Å². The summed E-state index contributed by atoms with van der Waals surface area (Å²) in [5.41, 5.74) is 0.898. The zero-order valence-electron chi connectivity index (χ0n) is 11.0. The van der Waals surface area contributed by atoms with Crippen molar-refractivity contribution in [2.24, 2.45) is 0 Å². The zero-order chi connectivity index (χ0) is 15.2. The highest BCUT2D eigenvalue weighted by Crippen LogP contribution is 2.17. The maximum Gasteiger partial charge on any atom is 0.335 e. The Morgan fingerprint density at radius 1 is 1.05 bits per heavy atom. The molecule has 1 heterocycles. The van der Waals surface area contributed by atoms with Gasteiger partial charge in [-0.2, -0.15) is 0 Å². The summed E-state index contributed by atoms with van der Waals surface area (Å²) in [4.78, 5) is 32.1. The van der Waals surface area contributed by atoms with Crippen molar-refractivity contribution in [1.82, 2.24) is 9.97 Å². The number of hydrogen-bond donors (Lipinski definition) is 2. The van der Waals surface area contributed by atoms with Crippen LogP contribution in [-0.4, -0.2) is 45.2 Å². The minimum Gasteiger partial charge on any atom is -0.478 e. The summed E-state index contributed by atoms with van der Waals surface area (Å²) in [6.45, 7) is -0.139. The van der Waals surface area contributed by atoms with Crippen LogP contribution in [0.2, 0.25) is 0 Å². The quantitative estimate of drug-likeness (QED) is 0.843. The van der Waals surface area contributed by atoms with Crippen molar-refractivity contribution in [2.75, 3.05) is 18.1 Å². The lowest BCUT2D eigenvalue weighted by Gasteiger charge is -2.21. The number of carbonyl (C=O) groups is 2. The molecule has 0 unspecified atom stereocenters. The van der Waals surface area contributed by atoms with E-state index in [2.05, 4.69) is 9.97 Å². The first-order valence-electron chi connectivity index (χ1n) is 6.14. The van der Waals surface area contributed by atoms with E-state index in [4.69, 9.17) is 10.2 Å². The number of anilines is 1. The number of amides is 1. The molecular formula is C14H13N3O4. The van der Waals surface area contributed by atoms with E-state index in [1.54, 1.807) is 0 Å². The van der Waals surface area contributed by atoms with Gasteiger partial charge in [0.15, 0.2) is 0 Å². The molecule has 0 aliphatic rings. The predicted molar refractivity (Wildman–Crippen MR) is 74.2 cm³/mol. The normalized spacial score (nSPS) is 10.1. The second-order valence-corrected chi connectivity index (χ2v) is 4.16. The first kappa shape index (κ1) is 14.6. The number of nitrogens with zero attached hydrogens (tertiary/aromatic N) is 3. The van der Waals surface area contributed by atoms with E-state index in [9.17, 15) is 9.59 Å². The third-order valence-electron chi connectivity index (χ3n) is 2.80. The number of carboxylic acid groups (broad SMARTS) is 1. The maximum atomic E-state index is 12.4. The highest BCUT2D eigenvalue weighted by molar-refractivity contribution is 6.05. The lowest BCUT2D eigenvalue weighted by molar-refractivity contribution is 0.0696. The van der Waals surface area contributed by atoms with Gasteiger partial charge in [-0.25, -0.2) is 14.8 Å². The van der Waals surface area contributed by atoms with E-state index in [0.29, 0.717) is 5.69 Å². The molecule has 0 saturated heterocycles. The van der Waals surface area contributed by atoms with Gasteiger partial charge >= 0.3 is 5.97 Å².